The molecule has 3 heteroatoms. The van der Waals surface area contributed by atoms with Crippen LogP contribution in [0.1, 0.15) is 36.1 Å². The number of rotatable bonds is 5. The van der Waals surface area contributed by atoms with Crippen molar-refractivity contribution in [3.63, 3.8) is 0 Å². The first-order valence-corrected chi connectivity index (χ1v) is 7.29. The van der Waals surface area contributed by atoms with Gasteiger partial charge in [0.05, 0.1) is 0 Å². The zero-order chi connectivity index (χ0) is 14.4. The smallest absolute Gasteiger partial charge is 1.00 e. The van der Waals surface area contributed by atoms with E-state index in [4.69, 9.17) is 5.32 Å². The Balaban J connectivity index is 0.00000220. The summed E-state index contributed by atoms with van der Waals surface area (Å²) >= 11 is 0. The van der Waals surface area contributed by atoms with Crippen LogP contribution >= 0.6 is 0 Å². The number of hydrogen-bond donors (Lipinski definition) is 0. The molecular weight excluding hydrogens is 346 g/mol. The topological polar surface area (TPSA) is 14.1 Å². The van der Waals surface area contributed by atoms with Crippen LogP contribution in [0, 0.1) is 6.92 Å². The summed E-state index contributed by atoms with van der Waals surface area (Å²) < 4.78 is 0. The maximum atomic E-state index is 4.70. The minimum Gasteiger partial charge on any atom is -1.00 e. The van der Waals surface area contributed by atoms with Gasteiger partial charge in [0.2, 0.25) is 0 Å². The third-order valence-corrected chi connectivity index (χ3v) is 3.44. The Morgan fingerprint density at radius 1 is 0.955 bits per heavy atom. The molecule has 0 aliphatic carbocycles. The summed E-state index contributed by atoms with van der Waals surface area (Å²) in [6.45, 7) is 6.53. The zero-order valence-electron chi connectivity index (χ0n) is 13.6. The van der Waals surface area contributed by atoms with Crippen molar-refractivity contribution in [3.05, 3.63) is 76.2 Å². The van der Waals surface area contributed by atoms with Gasteiger partial charge in [0.15, 0.2) is 0 Å². The fraction of sp³-hybridized carbons (Fsp3) is 0.263. The molecule has 0 aliphatic rings. The molecule has 0 bridgehead atoms. The van der Waals surface area contributed by atoms with E-state index in [0.29, 0.717) is 0 Å². The molecule has 0 amide bonds. The van der Waals surface area contributed by atoms with Crippen LogP contribution in [0.25, 0.3) is 11.4 Å². The van der Waals surface area contributed by atoms with Gasteiger partial charge in [0.1, 0.15) is 0 Å². The molecular formula is C19H22BrMgN. The van der Waals surface area contributed by atoms with E-state index in [2.05, 4.69) is 51.1 Å². The zero-order valence-corrected chi connectivity index (χ0v) is 16.6. The molecule has 0 heterocycles. The Bertz CT molecular complexity index is 569. The van der Waals surface area contributed by atoms with Gasteiger partial charge in [-0.3, -0.25) is 0 Å². The molecule has 0 unspecified atom stereocenters. The van der Waals surface area contributed by atoms with Crippen LogP contribution in [0.3, 0.4) is 0 Å². The Labute approximate surface area is 161 Å². The van der Waals surface area contributed by atoms with E-state index in [9.17, 15) is 0 Å². The molecule has 112 valence electrons. The number of nitrogens with zero attached hydrogens (tertiary/aromatic N) is 1. The summed E-state index contributed by atoms with van der Waals surface area (Å²) in [6, 6.07) is 14.8. The summed E-state index contributed by atoms with van der Waals surface area (Å²) in [4.78, 5) is 0. The Morgan fingerprint density at radius 2 is 1.50 bits per heavy atom. The fourth-order valence-corrected chi connectivity index (χ4v) is 2.40. The van der Waals surface area contributed by atoms with Crippen molar-refractivity contribution in [2.24, 2.45) is 0 Å². The van der Waals surface area contributed by atoms with E-state index in [0.717, 1.165) is 18.5 Å². The van der Waals surface area contributed by atoms with Gasteiger partial charge in [-0.15, -0.1) is 5.69 Å². The Morgan fingerprint density at radius 3 is 2.00 bits per heavy atom. The summed E-state index contributed by atoms with van der Waals surface area (Å²) in [5.74, 6) is 0. The third kappa shape index (κ3) is 5.79. The monoisotopic (exact) mass is 367 g/mol. The van der Waals surface area contributed by atoms with Crippen LogP contribution in [0.5, 0.6) is 0 Å². The van der Waals surface area contributed by atoms with E-state index in [1.807, 2.05) is 24.4 Å². The third-order valence-electron chi connectivity index (χ3n) is 3.44. The average molecular weight is 369 g/mol. The Hall–Kier alpha value is -0.774. The normalized spacial score (nSPS) is 9.95. The van der Waals surface area contributed by atoms with Crippen LogP contribution in [0.15, 0.2) is 48.7 Å². The maximum Gasteiger partial charge on any atom is 2.00 e. The van der Waals surface area contributed by atoms with Gasteiger partial charge in [-0.25, -0.2) is 0 Å². The summed E-state index contributed by atoms with van der Waals surface area (Å²) in [5.41, 5.74) is 6.32. The van der Waals surface area contributed by atoms with Gasteiger partial charge in [0.25, 0.3) is 0 Å². The molecule has 0 atom stereocenters. The number of benzene rings is 2. The second kappa shape index (κ2) is 10.9. The summed E-state index contributed by atoms with van der Waals surface area (Å²) in [7, 11) is 0. The standard InChI is InChI=1S/C19H22N.BrH.Mg/c1-4-17-13-15(3)14-18(5-2)19(17)20-12-11-16-9-7-6-8-10-16;;/h6-14H,4-5H2,1-3H3;1H;/q-1;;+2/p-1. The molecule has 2 aromatic rings. The maximum absolute atomic E-state index is 4.70. The van der Waals surface area contributed by atoms with Crippen LogP contribution in [0.2, 0.25) is 0 Å². The van der Waals surface area contributed by atoms with Crippen molar-refractivity contribution >= 4 is 34.8 Å². The van der Waals surface area contributed by atoms with Gasteiger partial charge < -0.3 is 22.3 Å². The number of hydrogen-bond acceptors (Lipinski definition) is 0. The number of aryl methyl sites for hydroxylation is 3. The molecule has 0 saturated heterocycles. The predicted molar refractivity (Wildman–Crippen MR) is 94.2 cm³/mol. The molecule has 0 spiro atoms. The molecule has 0 aromatic heterocycles. The van der Waals surface area contributed by atoms with E-state index < -0.39 is 0 Å². The number of halogens is 1. The molecule has 2 aromatic carbocycles. The van der Waals surface area contributed by atoms with Gasteiger partial charge in [0, 0.05) is 0 Å². The average Bonchev–Trinajstić information content (AvgIpc) is 2.49. The predicted octanol–water partition coefficient (Wildman–Crippen LogP) is 2.42. The second-order valence-electron chi connectivity index (χ2n) is 4.99. The first-order chi connectivity index (χ1) is 9.74. The summed E-state index contributed by atoms with van der Waals surface area (Å²) in [6.07, 6.45) is 6.01. The minimum absolute atomic E-state index is 0. The van der Waals surface area contributed by atoms with Crippen LogP contribution in [0.4, 0.5) is 5.69 Å². The van der Waals surface area contributed by atoms with Crippen LogP contribution < -0.4 is 17.0 Å². The first kappa shape index (κ1) is 21.2. The minimum atomic E-state index is 0. The van der Waals surface area contributed by atoms with Gasteiger partial charge in [-0.2, -0.15) is 6.20 Å². The van der Waals surface area contributed by atoms with Gasteiger partial charge in [-0.05, 0) is 25.3 Å². The molecule has 0 fully saturated rings. The van der Waals surface area contributed by atoms with Crippen molar-refractivity contribution in [2.45, 2.75) is 33.6 Å². The molecule has 0 N–H and O–H groups in total. The van der Waals surface area contributed by atoms with Crippen LogP contribution in [-0.4, -0.2) is 23.1 Å². The second-order valence-corrected chi connectivity index (χ2v) is 4.99. The SMILES string of the molecule is CCc1cc(C)cc(CC)c1[N-]C=Cc1ccccc1.[Br-].[Mg+2]. The van der Waals surface area contributed by atoms with Crippen molar-refractivity contribution in [1.82, 2.24) is 0 Å². The largest absolute Gasteiger partial charge is 2.00 e. The molecule has 0 aliphatic heterocycles. The molecule has 0 saturated carbocycles. The first-order valence-electron chi connectivity index (χ1n) is 7.29. The Kier molecular flexibility index (Phi) is 10.5. The van der Waals surface area contributed by atoms with Gasteiger partial charge in [-0.1, -0.05) is 79.1 Å². The van der Waals surface area contributed by atoms with Gasteiger partial charge >= 0.3 is 23.1 Å². The molecule has 0 radical (unpaired) electrons. The molecule has 22 heavy (non-hydrogen) atoms. The van der Waals surface area contributed by atoms with Crippen molar-refractivity contribution < 1.29 is 17.0 Å². The van der Waals surface area contributed by atoms with E-state index >= 15 is 0 Å². The van der Waals surface area contributed by atoms with Crippen molar-refractivity contribution in [2.75, 3.05) is 0 Å². The van der Waals surface area contributed by atoms with Crippen molar-refractivity contribution in [3.8, 4) is 0 Å². The molecule has 2 rings (SSSR count). The van der Waals surface area contributed by atoms with E-state index in [1.54, 1.807) is 0 Å². The van der Waals surface area contributed by atoms with Crippen molar-refractivity contribution in [1.29, 1.82) is 0 Å². The summed E-state index contributed by atoms with van der Waals surface area (Å²) in [5, 5.41) is 4.70. The van der Waals surface area contributed by atoms with Crippen LogP contribution in [-0.2, 0) is 12.8 Å². The fourth-order valence-electron chi connectivity index (χ4n) is 2.40. The quantitative estimate of drug-likeness (QED) is 0.720. The van der Waals surface area contributed by atoms with E-state index in [-0.39, 0.29) is 40.0 Å². The molecule has 1 nitrogen and oxygen atoms in total. The van der Waals surface area contributed by atoms with E-state index in [1.165, 1.54) is 22.3 Å².